The van der Waals surface area contributed by atoms with E-state index in [1.165, 1.54) is 10.6 Å². The predicted molar refractivity (Wildman–Crippen MR) is 114 cm³/mol. The molecule has 8 heteroatoms. The zero-order chi connectivity index (χ0) is 20.9. The summed E-state index contributed by atoms with van der Waals surface area (Å²) >= 11 is 1.56. The number of ether oxygens (including phenoxy) is 1. The maximum Gasteiger partial charge on any atom is 0.307 e. The summed E-state index contributed by atoms with van der Waals surface area (Å²) in [6, 6.07) is 14.7. The van der Waals surface area contributed by atoms with Gasteiger partial charge in [-0.3, -0.25) is 13.9 Å². The van der Waals surface area contributed by atoms with Crippen LogP contribution in [-0.2, 0) is 26.0 Å². The van der Waals surface area contributed by atoms with E-state index in [1.807, 2.05) is 30.3 Å². The maximum atomic E-state index is 12.4. The van der Waals surface area contributed by atoms with Crippen LogP contribution in [-0.4, -0.2) is 45.3 Å². The number of carbonyl (C=O) groups excluding carboxylic acids is 2. The second kappa shape index (κ2) is 9.45. The van der Waals surface area contributed by atoms with E-state index in [-0.39, 0.29) is 18.8 Å². The molecule has 0 N–H and O–H groups in total. The van der Waals surface area contributed by atoms with Gasteiger partial charge in [-0.25, -0.2) is 8.42 Å². The molecule has 0 unspecified atom stereocenters. The molecule has 1 aliphatic heterocycles. The van der Waals surface area contributed by atoms with Crippen LogP contribution in [0.3, 0.4) is 0 Å². The number of thioether (sulfide) groups is 1. The molecule has 0 aliphatic carbocycles. The number of aryl methyl sites for hydroxylation is 1. The van der Waals surface area contributed by atoms with Crippen LogP contribution in [0.5, 0.6) is 0 Å². The molecule has 0 aromatic heterocycles. The third kappa shape index (κ3) is 5.83. The molecule has 2 aromatic carbocycles. The van der Waals surface area contributed by atoms with Crippen LogP contribution in [0.2, 0.25) is 0 Å². The van der Waals surface area contributed by atoms with Gasteiger partial charge in [-0.05, 0) is 48.7 Å². The van der Waals surface area contributed by atoms with Crippen molar-refractivity contribution in [1.29, 1.82) is 0 Å². The highest BCUT2D eigenvalue weighted by Crippen LogP contribution is 2.30. The number of ketones is 1. The van der Waals surface area contributed by atoms with E-state index >= 15 is 0 Å². The Balaban J connectivity index is 1.52. The summed E-state index contributed by atoms with van der Waals surface area (Å²) < 4.78 is 30.3. The summed E-state index contributed by atoms with van der Waals surface area (Å²) in [5.74, 6) is -0.131. The number of fused-ring (bicyclic) bond motifs is 1. The zero-order valence-electron chi connectivity index (χ0n) is 16.2. The fourth-order valence-corrected chi connectivity index (χ4v) is 5.00. The van der Waals surface area contributed by atoms with Crippen LogP contribution in [0, 0.1) is 0 Å². The van der Waals surface area contributed by atoms with Gasteiger partial charge >= 0.3 is 5.97 Å². The van der Waals surface area contributed by atoms with Crippen LogP contribution in [0.15, 0.2) is 53.4 Å². The predicted octanol–water partition coefficient (Wildman–Crippen LogP) is 3.31. The van der Waals surface area contributed by atoms with Crippen LogP contribution < -0.4 is 4.31 Å². The highest BCUT2D eigenvalue weighted by Gasteiger charge is 2.24. The van der Waals surface area contributed by atoms with Crippen molar-refractivity contribution in [2.75, 3.05) is 29.5 Å². The molecule has 3 rings (SSSR count). The van der Waals surface area contributed by atoms with E-state index < -0.39 is 16.0 Å². The lowest BCUT2D eigenvalue weighted by atomic mass is 9.99. The summed E-state index contributed by atoms with van der Waals surface area (Å²) in [5, 5.41) is 0. The van der Waals surface area contributed by atoms with E-state index in [1.54, 1.807) is 30.0 Å². The standard InChI is InChI=1S/C21H23NO5S2/c1-29(25,26)22-12-5-6-16-14-17(9-10-19(16)22)20(23)15-27-21(24)11-13-28-18-7-3-2-4-8-18/h2-4,7-10,14H,5-6,11-13,15H2,1H3. The number of carbonyl (C=O) groups is 2. The number of anilines is 1. The lowest BCUT2D eigenvalue weighted by Gasteiger charge is -2.29. The lowest BCUT2D eigenvalue weighted by Crippen LogP contribution is -2.34. The van der Waals surface area contributed by atoms with Gasteiger partial charge in [-0.15, -0.1) is 11.8 Å². The Bertz CT molecular complexity index is 989. The van der Waals surface area contributed by atoms with Gasteiger partial charge in [0.05, 0.1) is 18.4 Å². The van der Waals surface area contributed by atoms with Gasteiger partial charge in [0.15, 0.2) is 12.4 Å². The molecule has 0 saturated carbocycles. The Labute approximate surface area is 175 Å². The fourth-order valence-electron chi connectivity index (χ4n) is 3.15. The van der Waals surface area contributed by atoms with E-state index in [9.17, 15) is 18.0 Å². The van der Waals surface area contributed by atoms with Crippen LogP contribution in [0.25, 0.3) is 0 Å². The minimum Gasteiger partial charge on any atom is -0.457 e. The van der Waals surface area contributed by atoms with Gasteiger partial charge in [0.25, 0.3) is 0 Å². The van der Waals surface area contributed by atoms with Gasteiger partial charge in [0.2, 0.25) is 10.0 Å². The highest BCUT2D eigenvalue weighted by atomic mass is 32.2. The molecule has 0 spiro atoms. The third-order valence-corrected chi connectivity index (χ3v) is 6.75. The first-order chi connectivity index (χ1) is 13.8. The Morgan fingerprint density at radius 3 is 2.62 bits per heavy atom. The molecule has 0 saturated heterocycles. The zero-order valence-corrected chi connectivity index (χ0v) is 17.8. The molecule has 154 valence electrons. The number of hydrogen-bond acceptors (Lipinski definition) is 6. The Morgan fingerprint density at radius 1 is 1.14 bits per heavy atom. The molecule has 1 aliphatic rings. The molecule has 0 bridgehead atoms. The van der Waals surface area contributed by atoms with E-state index in [0.717, 1.165) is 10.5 Å². The molecule has 0 amide bonds. The smallest absolute Gasteiger partial charge is 0.307 e. The topological polar surface area (TPSA) is 80.8 Å². The van der Waals surface area contributed by atoms with Gasteiger partial charge in [-0.1, -0.05) is 18.2 Å². The van der Waals surface area contributed by atoms with Crippen molar-refractivity contribution in [3.63, 3.8) is 0 Å². The van der Waals surface area contributed by atoms with Crippen molar-refractivity contribution < 1.29 is 22.7 Å². The van der Waals surface area contributed by atoms with E-state index in [4.69, 9.17) is 4.74 Å². The molecular formula is C21H23NO5S2. The molecule has 0 atom stereocenters. The van der Waals surface area contributed by atoms with Gasteiger partial charge in [-0.2, -0.15) is 0 Å². The van der Waals surface area contributed by atoms with Crippen molar-refractivity contribution >= 4 is 39.2 Å². The largest absolute Gasteiger partial charge is 0.457 e. The molecule has 2 aromatic rings. The second-order valence-corrected chi connectivity index (χ2v) is 9.85. The fraction of sp³-hybridized carbons (Fsp3) is 0.333. The van der Waals surface area contributed by atoms with Crippen LogP contribution in [0.1, 0.15) is 28.8 Å². The number of Topliss-reactive ketones (excluding diaryl/α,β-unsaturated/α-hetero) is 1. The van der Waals surface area contributed by atoms with Crippen molar-refractivity contribution in [2.24, 2.45) is 0 Å². The SMILES string of the molecule is CS(=O)(=O)N1CCCc2cc(C(=O)COC(=O)CCSc3ccccc3)ccc21. The number of sulfonamides is 1. The maximum absolute atomic E-state index is 12.4. The summed E-state index contributed by atoms with van der Waals surface area (Å²) in [5.41, 5.74) is 1.86. The summed E-state index contributed by atoms with van der Waals surface area (Å²) in [6.45, 7) is 0.126. The van der Waals surface area contributed by atoms with Crippen molar-refractivity contribution in [3.8, 4) is 0 Å². The summed E-state index contributed by atoms with van der Waals surface area (Å²) in [7, 11) is -3.35. The molecule has 6 nitrogen and oxygen atoms in total. The Kier molecular flexibility index (Phi) is 6.97. The first-order valence-electron chi connectivity index (χ1n) is 9.32. The quantitative estimate of drug-likeness (QED) is 0.361. The Hall–Kier alpha value is -2.32. The second-order valence-electron chi connectivity index (χ2n) is 6.78. The summed E-state index contributed by atoms with van der Waals surface area (Å²) in [4.78, 5) is 25.4. The van der Waals surface area contributed by atoms with Crippen LogP contribution >= 0.6 is 11.8 Å². The van der Waals surface area contributed by atoms with Gasteiger partial charge in [0.1, 0.15) is 0 Å². The van der Waals surface area contributed by atoms with Gasteiger partial charge in [0, 0.05) is 22.8 Å². The lowest BCUT2D eigenvalue weighted by molar-refractivity contribution is -0.141. The van der Waals surface area contributed by atoms with Gasteiger partial charge < -0.3 is 4.74 Å². The average molecular weight is 434 g/mol. The first-order valence-corrected chi connectivity index (χ1v) is 12.2. The number of benzene rings is 2. The highest BCUT2D eigenvalue weighted by molar-refractivity contribution is 7.99. The first kappa shape index (κ1) is 21.4. The van der Waals surface area contributed by atoms with E-state index in [2.05, 4.69) is 0 Å². The summed E-state index contributed by atoms with van der Waals surface area (Å²) in [6.07, 6.45) is 2.81. The number of hydrogen-bond donors (Lipinski definition) is 0. The molecule has 29 heavy (non-hydrogen) atoms. The average Bonchev–Trinajstić information content (AvgIpc) is 2.71. The third-order valence-electron chi connectivity index (χ3n) is 4.56. The molecule has 0 radical (unpaired) electrons. The monoisotopic (exact) mass is 433 g/mol. The Morgan fingerprint density at radius 2 is 1.90 bits per heavy atom. The molecular weight excluding hydrogens is 410 g/mol. The minimum absolute atomic E-state index is 0.223. The van der Waals surface area contributed by atoms with E-state index in [0.29, 0.717) is 36.4 Å². The number of esters is 1. The molecule has 1 heterocycles. The number of rotatable bonds is 8. The van der Waals surface area contributed by atoms with Crippen LogP contribution in [0.4, 0.5) is 5.69 Å². The van der Waals surface area contributed by atoms with Crippen molar-refractivity contribution in [2.45, 2.75) is 24.2 Å². The molecule has 0 fully saturated rings. The normalized spacial score (nSPS) is 13.6. The van der Waals surface area contributed by atoms with Crippen molar-refractivity contribution in [3.05, 3.63) is 59.7 Å². The van der Waals surface area contributed by atoms with Crippen molar-refractivity contribution in [1.82, 2.24) is 0 Å². The minimum atomic E-state index is -3.35. The number of nitrogens with zero attached hydrogens (tertiary/aromatic N) is 1.